The van der Waals surface area contributed by atoms with Crippen molar-refractivity contribution in [2.24, 2.45) is 0 Å². The molecule has 0 fully saturated rings. The third-order valence-corrected chi connectivity index (χ3v) is 3.27. The Balaban J connectivity index is 2.68. The fraction of sp³-hybridized carbons (Fsp3) is 0.200. The number of carbonyl (C=O) groups is 1. The molecule has 1 amide bonds. The number of hydrogen-bond acceptors (Lipinski definition) is 6. The first-order chi connectivity index (χ1) is 8.84. The van der Waals surface area contributed by atoms with E-state index in [2.05, 4.69) is 5.32 Å². The predicted octanol–water partition coefficient (Wildman–Crippen LogP) is 0.472. The monoisotopic (exact) mass is 283 g/mol. The van der Waals surface area contributed by atoms with Crippen LogP contribution in [0.15, 0.2) is 24.3 Å². The van der Waals surface area contributed by atoms with Crippen molar-refractivity contribution in [3.8, 4) is 6.07 Å². The number of nitro groups is 1. The normalized spacial score (nSPS) is 10.5. The Morgan fingerprint density at radius 2 is 1.95 bits per heavy atom. The molecule has 8 nitrogen and oxygen atoms in total. The van der Waals surface area contributed by atoms with Crippen molar-refractivity contribution in [2.45, 2.75) is 0 Å². The lowest BCUT2D eigenvalue weighted by Crippen LogP contribution is -2.24. The average molecular weight is 283 g/mol. The zero-order valence-electron chi connectivity index (χ0n) is 9.57. The Hall–Kier alpha value is -2.47. The van der Waals surface area contributed by atoms with Crippen LogP contribution >= 0.6 is 0 Å². The van der Waals surface area contributed by atoms with Crippen LogP contribution < -0.4 is 5.32 Å². The highest BCUT2D eigenvalue weighted by Crippen LogP contribution is 2.15. The lowest BCUT2D eigenvalue weighted by molar-refractivity contribution is -0.384. The van der Waals surface area contributed by atoms with Gasteiger partial charge in [0.15, 0.2) is 9.84 Å². The van der Waals surface area contributed by atoms with Gasteiger partial charge in [0.2, 0.25) is 5.91 Å². The second kappa shape index (κ2) is 5.92. The second-order valence-corrected chi connectivity index (χ2v) is 5.61. The number of nitro benzene ring substituents is 1. The molecule has 0 atom stereocenters. The summed E-state index contributed by atoms with van der Waals surface area (Å²) >= 11 is 0. The summed E-state index contributed by atoms with van der Waals surface area (Å²) in [6, 6.07) is 6.38. The molecule has 1 rings (SSSR count). The van der Waals surface area contributed by atoms with E-state index < -0.39 is 32.2 Å². The lowest BCUT2D eigenvalue weighted by atomic mass is 10.3. The van der Waals surface area contributed by atoms with Crippen LogP contribution in [0.2, 0.25) is 0 Å². The molecule has 0 saturated carbocycles. The molecule has 0 aliphatic heterocycles. The van der Waals surface area contributed by atoms with E-state index in [9.17, 15) is 23.3 Å². The van der Waals surface area contributed by atoms with E-state index in [1.165, 1.54) is 30.3 Å². The van der Waals surface area contributed by atoms with Crippen LogP contribution in [0.4, 0.5) is 11.4 Å². The minimum atomic E-state index is -3.75. The molecular formula is C10H9N3O5S. The molecule has 19 heavy (non-hydrogen) atoms. The number of rotatable bonds is 5. The van der Waals surface area contributed by atoms with Gasteiger partial charge in [-0.25, -0.2) is 8.42 Å². The highest BCUT2D eigenvalue weighted by atomic mass is 32.2. The van der Waals surface area contributed by atoms with Crippen molar-refractivity contribution in [3.63, 3.8) is 0 Å². The topological polar surface area (TPSA) is 130 Å². The molecule has 0 aliphatic rings. The highest BCUT2D eigenvalue weighted by Gasteiger charge is 2.16. The van der Waals surface area contributed by atoms with Crippen molar-refractivity contribution < 1.29 is 18.1 Å². The summed E-state index contributed by atoms with van der Waals surface area (Å²) in [6.07, 6.45) is 0. The fourth-order valence-corrected chi connectivity index (χ4v) is 1.98. The first-order valence-electron chi connectivity index (χ1n) is 4.96. The zero-order chi connectivity index (χ0) is 14.5. The van der Waals surface area contributed by atoms with Crippen molar-refractivity contribution in [1.82, 2.24) is 0 Å². The van der Waals surface area contributed by atoms with Crippen LogP contribution in [0.3, 0.4) is 0 Å². The molecule has 0 aromatic heterocycles. The van der Waals surface area contributed by atoms with Gasteiger partial charge in [-0.05, 0) is 12.1 Å². The number of sulfone groups is 1. The first-order valence-corrected chi connectivity index (χ1v) is 6.78. The minimum Gasteiger partial charge on any atom is -0.325 e. The number of anilines is 1. The molecule has 0 unspecified atom stereocenters. The minimum absolute atomic E-state index is 0.143. The predicted molar refractivity (Wildman–Crippen MR) is 66.0 cm³/mol. The molecule has 1 N–H and O–H groups in total. The van der Waals surface area contributed by atoms with Crippen molar-refractivity contribution in [3.05, 3.63) is 34.4 Å². The second-order valence-electron chi connectivity index (χ2n) is 3.54. The number of hydrogen-bond donors (Lipinski definition) is 1. The van der Waals surface area contributed by atoms with Crippen molar-refractivity contribution in [2.75, 3.05) is 16.8 Å². The van der Waals surface area contributed by atoms with Gasteiger partial charge in [-0.3, -0.25) is 14.9 Å². The van der Waals surface area contributed by atoms with Gasteiger partial charge in [0.25, 0.3) is 5.69 Å². The number of amides is 1. The number of nitriles is 1. The number of benzene rings is 1. The van der Waals surface area contributed by atoms with E-state index in [-0.39, 0.29) is 11.4 Å². The zero-order valence-corrected chi connectivity index (χ0v) is 10.4. The third-order valence-electron chi connectivity index (χ3n) is 2.00. The lowest BCUT2D eigenvalue weighted by Gasteiger charge is -2.04. The quantitative estimate of drug-likeness (QED) is 0.617. The Labute approximate surface area is 108 Å². The maximum absolute atomic E-state index is 11.4. The van der Waals surface area contributed by atoms with Gasteiger partial charge in [-0.1, -0.05) is 0 Å². The SMILES string of the molecule is N#CCS(=O)(=O)CC(=O)Nc1ccc([N+](=O)[O-])cc1. The molecular weight excluding hydrogens is 274 g/mol. The van der Waals surface area contributed by atoms with Crippen LogP contribution in [0.1, 0.15) is 0 Å². The molecule has 0 spiro atoms. The number of non-ortho nitro benzene ring substituents is 1. The summed E-state index contributed by atoms with van der Waals surface area (Å²) < 4.78 is 22.4. The van der Waals surface area contributed by atoms with Crippen molar-refractivity contribution >= 4 is 27.1 Å². The van der Waals surface area contributed by atoms with E-state index >= 15 is 0 Å². The van der Waals surface area contributed by atoms with E-state index in [1.807, 2.05) is 0 Å². The Morgan fingerprint density at radius 3 is 2.42 bits per heavy atom. The van der Waals surface area contributed by atoms with Crippen LogP contribution in [-0.2, 0) is 14.6 Å². The molecule has 0 bridgehead atoms. The number of nitrogens with zero attached hydrogens (tertiary/aromatic N) is 2. The highest BCUT2D eigenvalue weighted by molar-refractivity contribution is 7.92. The van der Waals surface area contributed by atoms with Crippen LogP contribution in [-0.4, -0.2) is 30.8 Å². The molecule has 1 aromatic carbocycles. The van der Waals surface area contributed by atoms with Gasteiger partial charge >= 0.3 is 0 Å². The van der Waals surface area contributed by atoms with E-state index in [0.717, 1.165) is 0 Å². The molecule has 1 aromatic rings. The largest absolute Gasteiger partial charge is 0.325 e. The summed E-state index contributed by atoms with van der Waals surface area (Å²) in [5, 5.41) is 20.9. The van der Waals surface area contributed by atoms with Crippen LogP contribution in [0.5, 0.6) is 0 Å². The fourth-order valence-electron chi connectivity index (χ4n) is 1.21. The maximum atomic E-state index is 11.4. The molecule has 100 valence electrons. The summed E-state index contributed by atoms with van der Waals surface area (Å²) in [5.74, 6) is -2.35. The van der Waals surface area contributed by atoms with Crippen LogP contribution in [0.25, 0.3) is 0 Å². The van der Waals surface area contributed by atoms with Gasteiger partial charge in [0, 0.05) is 17.8 Å². The Kier molecular flexibility index (Phi) is 4.55. The van der Waals surface area contributed by atoms with E-state index in [0.29, 0.717) is 0 Å². The number of nitrogens with one attached hydrogen (secondary N) is 1. The smallest absolute Gasteiger partial charge is 0.269 e. The van der Waals surface area contributed by atoms with E-state index in [1.54, 1.807) is 0 Å². The maximum Gasteiger partial charge on any atom is 0.269 e. The molecule has 0 aliphatic carbocycles. The third kappa shape index (κ3) is 4.72. The van der Waals surface area contributed by atoms with Gasteiger partial charge in [0.1, 0.15) is 11.5 Å². The van der Waals surface area contributed by atoms with Crippen molar-refractivity contribution in [1.29, 1.82) is 5.26 Å². The Bertz CT molecular complexity index is 630. The van der Waals surface area contributed by atoms with Gasteiger partial charge < -0.3 is 5.32 Å². The van der Waals surface area contributed by atoms with Gasteiger partial charge in [-0.15, -0.1) is 0 Å². The summed E-state index contributed by atoms with van der Waals surface area (Å²) in [5.41, 5.74) is 0.0952. The van der Waals surface area contributed by atoms with Gasteiger partial charge in [-0.2, -0.15) is 5.26 Å². The molecule has 0 saturated heterocycles. The van der Waals surface area contributed by atoms with Crippen LogP contribution in [0, 0.1) is 21.4 Å². The first kappa shape index (κ1) is 14.6. The van der Waals surface area contributed by atoms with E-state index in [4.69, 9.17) is 5.26 Å². The summed E-state index contributed by atoms with van der Waals surface area (Å²) in [4.78, 5) is 21.2. The molecule has 9 heteroatoms. The molecule has 0 heterocycles. The standard InChI is InChI=1S/C10H9N3O5S/c11-5-6-19(17,18)7-10(14)12-8-1-3-9(4-2-8)13(15)16/h1-4H,6-7H2,(H,12,14). The summed E-state index contributed by atoms with van der Waals surface area (Å²) in [7, 11) is -3.75. The number of carbonyl (C=O) groups excluding carboxylic acids is 1. The summed E-state index contributed by atoms with van der Waals surface area (Å²) in [6.45, 7) is 0. The average Bonchev–Trinajstić information content (AvgIpc) is 2.28. The molecule has 0 radical (unpaired) electrons. The van der Waals surface area contributed by atoms with Gasteiger partial charge in [0.05, 0.1) is 11.0 Å². The Morgan fingerprint density at radius 1 is 1.37 bits per heavy atom.